The molecule has 1 aromatic carbocycles. The first kappa shape index (κ1) is 10.1. The van der Waals surface area contributed by atoms with Crippen LogP contribution in [0.2, 0.25) is 0 Å². The number of aromatic hydroxyl groups is 1. The molecule has 0 amide bonds. The summed E-state index contributed by atoms with van der Waals surface area (Å²) in [5.41, 5.74) is 1.19. The Labute approximate surface area is 79.2 Å². The summed E-state index contributed by atoms with van der Waals surface area (Å²) in [5.74, 6) is 0.313. The van der Waals surface area contributed by atoms with Gasteiger partial charge in [-0.3, -0.25) is 0 Å². The first-order chi connectivity index (χ1) is 6.22. The Kier molecular flexibility index (Phi) is 3.77. The van der Waals surface area contributed by atoms with Gasteiger partial charge in [0.2, 0.25) is 0 Å². The van der Waals surface area contributed by atoms with Crippen molar-refractivity contribution in [3.8, 4) is 5.75 Å². The first-order valence-corrected chi connectivity index (χ1v) is 4.62. The van der Waals surface area contributed by atoms with Crippen LogP contribution in [-0.2, 0) is 11.2 Å². The molecule has 0 saturated carbocycles. The Balaban J connectivity index is 2.49. The van der Waals surface area contributed by atoms with Crippen molar-refractivity contribution >= 4 is 0 Å². The fraction of sp³-hybridized carbons (Fsp3) is 0.455. The van der Waals surface area contributed by atoms with E-state index in [1.807, 2.05) is 19.1 Å². The van der Waals surface area contributed by atoms with E-state index in [0.29, 0.717) is 5.75 Å². The largest absolute Gasteiger partial charge is 0.508 e. The molecule has 2 heteroatoms. The molecule has 2 nitrogen and oxygen atoms in total. The Morgan fingerprint density at radius 2 is 1.92 bits per heavy atom. The van der Waals surface area contributed by atoms with E-state index in [4.69, 9.17) is 9.84 Å². The number of phenolic OH excluding ortho intramolecular Hbond substituents is 1. The predicted molar refractivity (Wildman–Crippen MR) is 52.9 cm³/mol. The van der Waals surface area contributed by atoms with Gasteiger partial charge in [0.15, 0.2) is 0 Å². The zero-order valence-electron chi connectivity index (χ0n) is 8.16. The second-order valence-electron chi connectivity index (χ2n) is 3.14. The lowest BCUT2D eigenvalue weighted by Gasteiger charge is -2.11. The predicted octanol–water partition coefficient (Wildman–Crippen LogP) is 2.36. The highest BCUT2D eigenvalue weighted by atomic mass is 16.5. The maximum absolute atomic E-state index is 9.06. The van der Waals surface area contributed by atoms with Crippen molar-refractivity contribution in [3.63, 3.8) is 0 Å². The number of rotatable bonds is 4. The third kappa shape index (κ3) is 3.47. The van der Waals surface area contributed by atoms with Gasteiger partial charge in [0, 0.05) is 6.61 Å². The van der Waals surface area contributed by atoms with Crippen LogP contribution in [0.5, 0.6) is 5.75 Å². The summed E-state index contributed by atoms with van der Waals surface area (Å²) in [4.78, 5) is 0. The Bertz CT molecular complexity index is 241. The van der Waals surface area contributed by atoms with Crippen LogP contribution in [0.25, 0.3) is 0 Å². The smallest absolute Gasteiger partial charge is 0.115 e. The molecule has 1 rings (SSSR count). The van der Waals surface area contributed by atoms with E-state index < -0.39 is 0 Å². The number of ether oxygens (including phenoxy) is 1. The quantitative estimate of drug-likeness (QED) is 0.770. The molecular formula is C11H16O2. The molecule has 0 saturated heterocycles. The fourth-order valence-electron chi connectivity index (χ4n) is 1.31. The van der Waals surface area contributed by atoms with Crippen LogP contribution in [-0.4, -0.2) is 17.8 Å². The van der Waals surface area contributed by atoms with Crippen LogP contribution >= 0.6 is 0 Å². The van der Waals surface area contributed by atoms with E-state index in [0.717, 1.165) is 13.0 Å². The molecule has 0 aliphatic rings. The molecule has 0 fully saturated rings. The molecule has 0 aliphatic heterocycles. The molecule has 1 atom stereocenters. The molecule has 0 spiro atoms. The Morgan fingerprint density at radius 1 is 1.31 bits per heavy atom. The maximum Gasteiger partial charge on any atom is 0.115 e. The highest BCUT2D eigenvalue weighted by molar-refractivity contribution is 5.26. The van der Waals surface area contributed by atoms with Crippen LogP contribution in [0.1, 0.15) is 19.4 Å². The lowest BCUT2D eigenvalue weighted by atomic mass is 10.1. The number of hydrogen-bond acceptors (Lipinski definition) is 2. The molecule has 13 heavy (non-hydrogen) atoms. The molecule has 1 N–H and O–H groups in total. The SMILES string of the molecule is CCO[C@H](C)Cc1ccc(O)cc1. The van der Waals surface area contributed by atoms with Crippen molar-refractivity contribution in [2.45, 2.75) is 26.4 Å². The zero-order valence-corrected chi connectivity index (χ0v) is 8.16. The minimum absolute atomic E-state index is 0.245. The van der Waals surface area contributed by atoms with E-state index in [9.17, 15) is 0 Å². The third-order valence-corrected chi connectivity index (χ3v) is 1.91. The first-order valence-electron chi connectivity index (χ1n) is 4.62. The maximum atomic E-state index is 9.06. The van der Waals surface area contributed by atoms with Crippen LogP contribution in [0.3, 0.4) is 0 Å². The van der Waals surface area contributed by atoms with E-state index in [1.165, 1.54) is 5.56 Å². The van der Waals surface area contributed by atoms with Crippen molar-refractivity contribution in [1.29, 1.82) is 0 Å². The van der Waals surface area contributed by atoms with Crippen LogP contribution in [0.15, 0.2) is 24.3 Å². The van der Waals surface area contributed by atoms with Gasteiger partial charge in [-0.2, -0.15) is 0 Å². The van der Waals surface area contributed by atoms with E-state index in [2.05, 4.69) is 6.92 Å². The second kappa shape index (κ2) is 4.87. The topological polar surface area (TPSA) is 29.5 Å². The number of benzene rings is 1. The molecule has 0 unspecified atom stereocenters. The molecule has 0 aromatic heterocycles. The number of phenols is 1. The van der Waals surface area contributed by atoms with Gasteiger partial charge in [-0.05, 0) is 38.0 Å². The van der Waals surface area contributed by atoms with E-state index in [1.54, 1.807) is 12.1 Å². The highest BCUT2D eigenvalue weighted by Gasteiger charge is 2.02. The van der Waals surface area contributed by atoms with Crippen molar-refractivity contribution in [2.24, 2.45) is 0 Å². The van der Waals surface area contributed by atoms with Gasteiger partial charge < -0.3 is 9.84 Å². The van der Waals surface area contributed by atoms with E-state index in [-0.39, 0.29) is 6.10 Å². The summed E-state index contributed by atoms with van der Waals surface area (Å²) in [7, 11) is 0. The van der Waals surface area contributed by atoms with Gasteiger partial charge >= 0.3 is 0 Å². The normalized spacial score (nSPS) is 12.8. The minimum atomic E-state index is 0.245. The van der Waals surface area contributed by atoms with E-state index >= 15 is 0 Å². The van der Waals surface area contributed by atoms with Gasteiger partial charge in [0.1, 0.15) is 5.75 Å². The summed E-state index contributed by atoms with van der Waals surface area (Å²) in [5, 5.41) is 9.06. The van der Waals surface area contributed by atoms with Crippen LogP contribution in [0, 0.1) is 0 Å². The average molecular weight is 180 g/mol. The molecule has 0 aliphatic carbocycles. The second-order valence-corrected chi connectivity index (χ2v) is 3.14. The van der Waals surface area contributed by atoms with Crippen LogP contribution in [0.4, 0.5) is 0 Å². The Hall–Kier alpha value is -1.02. The molecular weight excluding hydrogens is 164 g/mol. The van der Waals surface area contributed by atoms with Crippen molar-refractivity contribution in [1.82, 2.24) is 0 Å². The molecule has 0 radical (unpaired) electrons. The average Bonchev–Trinajstić information content (AvgIpc) is 2.09. The molecule has 1 aromatic rings. The summed E-state index contributed by atoms with van der Waals surface area (Å²) in [6.45, 7) is 4.79. The summed E-state index contributed by atoms with van der Waals surface area (Å²) < 4.78 is 5.41. The monoisotopic (exact) mass is 180 g/mol. The van der Waals surface area contributed by atoms with Crippen LogP contribution < -0.4 is 0 Å². The lowest BCUT2D eigenvalue weighted by Crippen LogP contribution is -2.10. The van der Waals surface area contributed by atoms with Gasteiger partial charge in [0.25, 0.3) is 0 Å². The third-order valence-electron chi connectivity index (χ3n) is 1.91. The van der Waals surface area contributed by atoms with Gasteiger partial charge in [0.05, 0.1) is 6.10 Å². The van der Waals surface area contributed by atoms with Crippen molar-refractivity contribution < 1.29 is 9.84 Å². The van der Waals surface area contributed by atoms with Gasteiger partial charge in [-0.25, -0.2) is 0 Å². The highest BCUT2D eigenvalue weighted by Crippen LogP contribution is 2.11. The fourth-order valence-corrected chi connectivity index (χ4v) is 1.31. The molecule has 0 heterocycles. The zero-order chi connectivity index (χ0) is 9.68. The minimum Gasteiger partial charge on any atom is -0.508 e. The summed E-state index contributed by atoms with van der Waals surface area (Å²) in [6.07, 6.45) is 1.14. The van der Waals surface area contributed by atoms with Crippen molar-refractivity contribution in [2.75, 3.05) is 6.61 Å². The van der Waals surface area contributed by atoms with Gasteiger partial charge in [-0.15, -0.1) is 0 Å². The van der Waals surface area contributed by atoms with Crippen molar-refractivity contribution in [3.05, 3.63) is 29.8 Å². The van der Waals surface area contributed by atoms with Gasteiger partial charge in [-0.1, -0.05) is 12.1 Å². The summed E-state index contributed by atoms with van der Waals surface area (Å²) in [6, 6.07) is 7.25. The molecule has 0 bridgehead atoms. The Morgan fingerprint density at radius 3 is 2.46 bits per heavy atom. The standard InChI is InChI=1S/C11H16O2/c1-3-13-9(2)8-10-4-6-11(12)7-5-10/h4-7,9,12H,3,8H2,1-2H3/t9-/m1/s1. The lowest BCUT2D eigenvalue weighted by molar-refractivity contribution is 0.0768. The number of hydrogen-bond donors (Lipinski definition) is 1. The summed E-state index contributed by atoms with van der Waals surface area (Å²) >= 11 is 0. The molecule has 72 valence electrons.